The number of aryl methyl sites for hydroxylation is 1. The first kappa shape index (κ1) is 18.8. The number of amides is 1. The van der Waals surface area contributed by atoms with Crippen molar-refractivity contribution in [3.8, 4) is 11.5 Å². The van der Waals surface area contributed by atoms with E-state index < -0.39 is 0 Å². The Morgan fingerprint density at radius 1 is 1.26 bits per heavy atom. The molecule has 1 aromatic carbocycles. The largest absolute Gasteiger partial charge is 0.493 e. The zero-order chi connectivity index (χ0) is 19.4. The summed E-state index contributed by atoms with van der Waals surface area (Å²) in [6.45, 7) is 2.06. The standard InChI is InChI=1S/C18H20N4O4S/c1-11-21-13-9-15(26-3)14(25-2)8-12(13)18(24)22(11)10-16(23)19-5-4-17-20-6-7-27-17/h6-9H,4-5,10H2,1-3H3,(H,19,23). The zero-order valence-electron chi connectivity index (χ0n) is 15.3. The number of hydrogen-bond donors (Lipinski definition) is 1. The van der Waals surface area contributed by atoms with Gasteiger partial charge in [-0.1, -0.05) is 0 Å². The van der Waals surface area contributed by atoms with Crippen molar-refractivity contribution < 1.29 is 14.3 Å². The first-order chi connectivity index (χ1) is 13.0. The third kappa shape index (κ3) is 4.08. The van der Waals surface area contributed by atoms with Crippen LogP contribution in [0, 0.1) is 6.92 Å². The number of thiazole rings is 1. The Bertz CT molecular complexity index is 1010. The van der Waals surface area contributed by atoms with E-state index in [-0.39, 0.29) is 18.0 Å². The van der Waals surface area contributed by atoms with Gasteiger partial charge < -0.3 is 14.8 Å². The molecule has 0 radical (unpaired) electrons. The third-order valence-corrected chi connectivity index (χ3v) is 4.94. The molecule has 0 aliphatic carbocycles. The van der Waals surface area contributed by atoms with E-state index in [1.807, 2.05) is 5.38 Å². The monoisotopic (exact) mass is 388 g/mol. The molecule has 0 fully saturated rings. The van der Waals surface area contributed by atoms with Gasteiger partial charge in [-0.15, -0.1) is 11.3 Å². The predicted octanol–water partition coefficient (Wildman–Crippen LogP) is 1.54. The van der Waals surface area contributed by atoms with Crippen LogP contribution in [0.1, 0.15) is 10.8 Å². The fourth-order valence-electron chi connectivity index (χ4n) is 2.73. The van der Waals surface area contributed by atoms with Gasteiger partial charge in [-0.2, -0.15) is 0 Å². The molecule has 2 aromatic heterocycles. The van der Waals surface area contributed by atoms with E-state index in [4.69, 9.17) is 9.47 Å². The van der Waals surface area contributed by atoms with Crippen molar-refractivity contribution in [2.75, 3.05) is 20.8 Å². The number of fused-ring (bicyclic) bond motifs is 1. The molecule has 0 spiro atoms. The van der Waals surface area contributed by atoms with E-state index in [1.165, 1.54) is 18.8 Å². The number of aromatic nitrogens is 3. The van der Waals surface area contributed by atoms with Crippen molar-refractivity contribution in [1.82, 2.24) is 19.9 Å². The minimum atomic E-state index is -0.298. The number of benzene rings is 1. The highest BCUT2D eigenvalue weighted by Crippen LogP contribution is 2.30. The Labute approximate surface area is 159 Å². The van der Waals surface area contributed by atoms with E-state index in [2.05, 4.69) is 15.3 Å². The van der Waals surface area contributed by atoms with Crippen molar-refractivity contribution in [2.24, 2.45) is 0 Å². The Kier molecular flexibility index (Phi) is 5.70. The molecular weight excluding hydrogens is 368 g/mol. The van der Waals surface area contributed by atoms with Crippen molar-refractivity contribution in [1.29, 1.82) is 0 Å². The van der Waals surface area contributed by atoms with Crippen LogP contribution in [0.3, 0.4) is 0 Å². The number of methoxy groups -OCH3 is 2. The van der Waals surface area contributed by atoms with Gasteiger partial charge in [-0.25, -0.2) is 9.97 Å². The molecule has 0 bridgehead atoms. The first-order valence-electron chi connectivity index (χ1n) is 8.31. The lowest BCUT2D eigenvalue weighted by atomic mass is 10.2. The highest BCUT2D eigenvalue weighted by Gasteiger charge is 2.15. The SMILES string of the molecule is COc1cc2nc(C)n(CC(=O)NCCc3nccs3)c(=O)c2cc1OC. The quantitative estimate of drug-likeness (QED) is 0.660. The summed E-state index contributed by atoms with van der Waals surface area (Å²) in [5.41, 5.74) is 0.198. The number of ether oxygens (including phenoxy) is 2. The average Bonchev–Trinajstić information content (AvgIpc) is 3.17. The van der Waals surface area contributed by atoms with E-state index in [0.29, 0.717) is 41.2 Å². The van der Waals surface area contributed by atoms with Crippen LogP contribution in [0.5, 0.6) is 11.5 Å². The Morgan fingerprint density at radius 3 is 2.67 bits per heavy atom. The lowest BCUT2D eigenvalue weighted by molar-refractivity contribution is -0.121. The van der Waals surface area contributed by atoms with E-state index >= 15 is 0 Å². The van der Waals surface area contributed by atoms with Crippen LogP contribution in [-0.4, -0.2) is 41.2 Å². The second-order valence-corrected chi connectivity index (χ2v) is 6.78. The fraction of sp³-hybridized carbons (Fsp3) is 0.333. The highest BCUT2D eigenvalue weighted by atomic mass is 32.1. The number of nitrogens with zero attached hydrogens (tertiary/aromatic N) is 3. The van der Waals surface area contributed by atoms with Crippen LogP contribution < -0.4 is 20.3 Å². The first-order valence-corrected chi connectivity index (χ1v) is 9.19. The summed E-state index contributed by atoms with van der Waals surface area (Å²) in [6.07, 6.45) is 2.39. The van der Waals surface area contributed by atoms with Crippen LogP contribution in [0.25, 0.3) is 10.9 Å². The molecule has 3 aromatic rings. The summed E-state index contributed by atoms with van der Waals surface area (Å²) < 4.78 is 11.9. The number of carbonyl (C=O) groups excluding carboxylic acids is 1. The van der Waals surface area contributed by atoms with E-state index in [9.17, 15) is 9.59 Å². The van der Waals surface area contributed by atoms with Gasteiger partial charge in [-0.05, 0) is 13.0 Å². The second kappa shape index (κ2) is 8.17. The average molecular weight is 388 g/mol. The normalized spacial score (nSPS) is 10.8. The van der Waals surface area contributed by atoms with Gasteiger partial charge in [-0.3, -0.25) is 14.2 Å². The van der Waals surface area contributed by atoms with E-state index in [0.717, 1.165) is 5.01 Å². The summed E-state index contributed by atoms with van der Waals surface area (Å²) >= 11 is 1.54. The smallest absolute Gasteiger partial charge is 0.262 e. The molecule has 142 valence electrons. The van der Waals surface area contributed by atoms with Gasteiger partial charge >= 0.3 is 0 Å². The van der Waals surface area contributed by atoms with Gasteiger partial charge in [0, 0.05) is 30.6 Å². The van der Waals surface area contributed by atoms with Gasteiger partial charge in [0.05, 0.1) is 30.1 Å². The Balaban J connectivity index is 1.81. The highest BCUT2D eigenvalue weighted by molar-refractivity contribution is 7.09. The van der Waals surface area contributed by atoms with Gasteiger partial charge in [0.1, 0.15) is 12.4 Å². The zero-order valence-corrected chi connectivity index (χ0v) is 16.1. The molecule has 2 heterocycles. The minimum absolute atomic E-state index is 0.0974. The molecule has 0 saturated heterocycles. The summed E-state index contributed by atoms with van der Waals surface area (Å²) in [7, 11) is 3.02. The second-order valence-electron chi connectivity index (χ2n) is 5.80. The van der Waals surface area contributed by atoms with Crippen molar-refractivity contribution in [2.45, 2.75) is 19.9 Å². The maximum absolute atomic E-state index is 12.9. The summed E-state index contributed by atoms with van der Waals surface area (Å²) in [5.74, 6) is 1.13. The molecule has 27 heavy (non-hydrogen) atoms. The molecule has 0 aliphatic rings. The molecule has 3 rings (SSSR count). The molecule has 0 aliphatic heterocycles. The third-order valence-electron chi connectivity index (χ3n) is 4.10. The molecule has 0 atom stereocenters. The Morgan fingerprint density at radius 2 is 2.00 bits per heavy atom. The number of hydrogen-bond acceptors (Lipinski definition) is 7. The molecule has 0 saturated carbocycles. The topological polar surface area (TPSA) is 95.3 Å². The number of nitrogens with one attached hydrogen (secondary N) is 1. The maximum Gasteiger partial charge on any atom is 0.262 e. The lowest BCUT2D eigenvalue weighted by Crippen LogP contribution is -2.34. The van der Waals surface area contributed by atoms with E-state index in [1.54, 1.807) is 36.6 Å². The molecule has 8 nitrogen and oxygen atoms in total. The van der Waals surface area contributed by atoms with Crippen LogP contribution in [0.4, 0.5) is 0 Å². The summed E-state index contributed by atoms with van der Waals surface area (Å²) in [5, 5.41) is 6.03. The molecule has 1 N–H and O–H groups in total. The molecule has 0 unspecified atom stereocenters. The number of carbonyl (C=O) groups is 1. The van der Waals surface area contributed by atoms with Crippen molar-refractivity contribution in [3.63, 3.8) is 0 Å². The minimum Gasteiger partial charge on any atom is -0.493 e. The summed E-state index contributed by atoms with van der Waals surface area (Å²) in [6, 6.07) is 3.24. The molecule has 1 amide bonds. The van der Waals surface area contributed by atoms with Gasteiger partial charge in [0.25, 0.3) is 5.56 Å². The molecular formula is C18H20N4O4S. The van der Waals surface area contributed by atoms with Crippen LogP contribution in [0.15, 0.2) is 28.5 Å². The van der Waals surface area contributed by atoms with Crippen LogP contribution in [-0.2, 0) is 17.8 Å². The Hall–Kier alpha value is -2.94. The van der Waals surface area contributed by atoms with Gasteiger partial charge in [0.15, 0.2) is 11.5 Å². The molecule has 9 heteroatoms. The van der Waals surface area contributed by atoms with Crippen molar-refractivity contribution >= 4 is 28.1 Å². The van der Waals surface area contributed by atoms with Crippen molar-refractivity contribution in [3.05, 3.63) is 44.9 Å². The van der Waals surface area contributed by atoms with Gasteiger partial charge in [0.2, 0.25) is 5.91 Å². The number of rotatable bonds is 7. The lowest BCUT2D eigenvalue weighted by Gasteiger charge is -2.13. The van der Waals surface area contributed by atoms with Crippen LogP contribution >= 0.6 is 11.3 Å². The summed E-state index contributed by atoms with van der Waals surface area (Å²) in [4.78, 5) is 33.7. The maximum atomic E-state index is 12.9. The fourth-order valence-corrected chi connectivity index (χ4v) is 3.35. The predicted molar refractivity (Wildman–Crippen MR) is 103 cm³/mol. The van der Waals surface area contributed by atoms with Crippen LogP contribution in [0.2, 0.25) is 0 Å².